The van der Waals surface area contributed by atoms with E-state index < -0.39 is 0 Å². The average Bonchev–Trinajstić information content (AvgIpc) is 3.48. The number of nitrogens with zero attached hydrogens (tertiary/aromatic N) is 5. The molecular weight excluding hydrogens is 418 g/mol. The molecular formula is C20H17N7O3S. The van der Waals surface area contributed by atoms with Gasteiger partial charge in [0.1, 0.15) is 5.39 Å². The van der Waals surface area contributed by atoms with Crippen molar-refractivity contribution in [2.24, 2.45) is 0 Å². The van der Waals surface area contributed by atoms with Crippen LogP contribution in [-0.4, -0.2) is 43.1 Å². The van der Waals surface area contributed by atoms with Gasteiger partial charge in [-0.2, -0.15) is 5.10 Å². The Kier molecular flexibility index (Phi) is 4.79. The molecule has 4 heterocycles. The minimum Gasteiger partial charge on any atom is -0.324 e. The predicted octanol–water partition coefficient (Wildman–Crippen LogP) is 1.87. The van der Waals surface area contributed by atoms with Crippen LogP contribution in [0.1, 0.15) is 18.5 Å². The third-order valence-electron chi connectivity index (χ3n) is 4.96. The van der Waals surface area contributed by atoms with E-state index in [9.17, 15) is 14.4 Å². The number of aromatic nitrogens is 5. The van der Waals surface area contributed by atoms with Crippen LogP contribution in [0.25, 0.3) is 16.7 Å². The van der Waals surface area contributed by atoms with Crippen LogP contribution in [0, 0.1) is 0 Å². The van der Waals surface area contributed by atoms with E-state index in [0.29, 0.717) is 46.2 Å². The number of rotatable bonds is 5. The number of carbonyl (C=O) groups excluding carboxylic acids is 2. The van der Waals surface area contributed by atoms with Gasteiger partial charge in [-0.15, -0.1) is 11.3 Å². The largest absolute Gasteiger partial charge is 0.324 e. The van der Waals surface area contributed by atoms with Crippen LogP contribution in [0.3, 0.4) is 0 Å². The molecule has 3 aromatic heterocycles. The van der Waals surface area contributed by atoms with Gasteiger partial charge in [0.25, 0.3) is 5.56 Å². The van der Waals surface area contributed by atoms with E-state index in [0.717, 1.165) is 6.42 Å². The number of benzene rings is 1. The van der Waals surface area contributed by atoms with Crippen molar-refractivity contribution in [1.82, 2.24) is 24.7 Å². The van der Waals surface area contributed by atoms with E-state index in [4.69, 9.17) is 0 Å². The van der Waals surface area contributed by atoms with Gasteiger partial charge in [-0.05, 0) is 18.6 Å². The fourth-order valence-corrected chi connectivity index (χ4v) is 4.38. The second kappa shape index (κ2) is 7.76. The zero-order valence-electron chi connectivity index (χ0n) is 16.2. The Morgan fingerprint density at radius 3 is 2.97 bits per heavy atom. The lowest BCUT2D eigenvalue weighted by Gasteiger charge is -2.11. The number of thiazole rings is 1. The molecule has 0 aliphatic carbocycles. The van der Waals surface area contributed by atoms with Crippen molar-refractivity contribution in [1.29, 1.82) is 0 Å². The molecule has 0 saturated carbocycles. The predicted molar refractivity (Wildman–Crippen MR) is 116 cm³/mol. The maximum atomic E-state index is 12.7. The van der Waals surface area contributed by atoms with Gasteiger partial charge in [-0.1, -0.05) is 12.1 Å². The topological polar surface area (TPSA) is 126 Å². The second-order valence-electron chi connectivity index (χ2n) is 7.04. The standard InChI is InChI=1S/C20H17N7O3S/c28-16(8-12-10-31-20(24-12)26-7-3-6-17(26)29)25-14-4-1-2-5-15(14)27-18-13(9-23-27)19(30)22-11-21-18/h1-2,4-5,9-11H,3,6-8H2,(H,25,28)(H,21,22,30). The first kappa shape index (κ1) is 19.1. The fourth-order valence-electron chi connectivity index (χ4n) is 3.51. The van der Waals surface area contributed by atoms with E-state index in [2.05, 4.69) is 25.4 Å². The minimum atomic E-state index is -0.284. The summed E-state index contributed by atoms with van der Waals surface area (Å²) in [6, 6.07) is 7.14. The van der Waals surface area contributed by atoms with Gasteiger partial charge in [-0.3, -0.25) is 19.3 Å². The van der Waals surface area contributed by atoms with Crippen molar-refractivity contribution in [3.8, 4) is 5.69 Å². The highest BCUT2D eigenvalue weighted by molar-refractivity contribution is 7.14. The molecule has 0 atom stereocenters. The summed E-state index contributed by atoms with van der Waals surface area (Å²) in [5.41, 5.74) is 1.83. The molecule has 31 heavy (non-hydrogen) atoms. The van der Waals surface area contributed by atoms with E-state index in [1.54, 1.807) is 28.5 Å². The normalized spacial score (nSPS) is 13.8. The van der Waals surface area contributed by atoms with Crippen LogP contribution in [0.2, 0.25) is 0 Å². The van der Waals surface area contributed by atoms with Crippen LogP contribution >= 0.6 is 11.3 Å². The lowest BCUT2D eigenvalue weighted by Crippen LogP contribution is -2.23. The Morgan fingerprint density at radius 1 is 1.26 bits per heavy atom. The van der Waals surface area contributed by atoms with Gasteiger partial charge in [0.05, 0.1) is 36.0 Å². The van der Waals surface area contributed by atoms with Crippen LogP contribution < -0.4 is 15.8 Å². The van der Waals surface area contributed by atoms with E-state index in [1.165, 1.54) is 28.5 Å². The maximum Gasteiger partial charge on any atom is 0.261 e. The summed E-state index contributed by atoms with van der Waals surface area (Å²) in [7, 11) is 0. The number of aromatic amines is 1. The molecule has 0 radical (unpaired) electrons. The van der Waals surface area contributed by atoms with Crippen molar-refractivity contribution < 1.29 is 9.59 Å². The molecule has 1 aliphatic rings. The molecule has 1 fully saturated rings. The summed E-state index contributed by atoms with van der Waals surface area (Å²) in [5, 5.41) is 9.93. The Morgan fingerprint density at radius 2 is 2.13 bits per heavy atom. The van der Waals surface area contributed by atoms with Crippen LogP contribution in [0.4, 0.5) is 10.8 Å². The third-order valence-corrected chi connectivity index (χ3v) is 5.88. The number of fused-ring (bicyclic) bond motifs is 1. The second-order valence-corrected chi connectivity index (χ2v) is 7.87. The average molecular weight is 435 g/mol. The van der Waals surface area contributed by atoms with Gasteiger partial charge >= 0.3 is 0 Å². The maximum absolute atomic E-state index is 12.7. The number of amides is 2. The van der Waals surface area contributed by atoms with Crippen molar-refractivity contribution in [2.75, 3.05) is 16.8 Å². The van der Waals surface area contributed by atoms with Crippen molar-refractivity contribution in [2.45, 2.75) is 19.3 Å². The SMILES string of the molecule is O=C(Cc1csc(N2CCCC2=O)n1)Nc1ccccc1-n1ncc2c(=O)[nH]cnc21. The summed E-state index contributed by atoms with van der Waals surface area (Å²) in [6.45, 7) is 0.667. The number of hydrogen-bond acceptors (Lipinski definition) is 7. The highest BCUT2D eigenvalue weighted by Crippen LogP contribution is 2.26. The van der Waals surface area contributed by atoms with Crippen LogP contribution in [0.15, 0.2) is 47.0 Å². The molecule has 0 spiro atoms. The highest BCUT2D eigenvalue weighted by Gasteiger charge is 2.24. The summed E-state index contributed by atoms with van der Waals surface area (Å²) >= 11 is 1.36. The molecule has 0 unspecified atom stereocenters. The van der Waals surface area contributed by atoms with Gasteiger partial charge in [-0.25, -0.2) is 14.6 Å². The number of para-hydroxylation sites is 2. The summed E-state index contributed by atoms with van der Waals surface area (Å²) in [5.74, 6) is -0.183. The Bertz CT molecular complexity index is 1360. The van der Waals surface area contributed by atoms with Gasteiger partial charge in [0.2, 0.25) is 11.8 Å². The Labute approximate surface area is 179 Å². The monoisotopic (exact) mass is 435 g/mol. The summed E-state index contributed by atoms with van der Waals surface area (Å²) < 4.78 is 1.51. The molecule has 10 nitrogen and oxygen atoms in total. The smallest absolute Gasteiger partial charge is 0.261 e. The first-order chi connectivity index (χ1) is 15.1. The number of carbonyl (C=O) groups is 2. The number of H-pyrrole nitrogens is 1. The van der Waals surface area contributed by atoms with Gasteiger partial charge < -0.3 is 10.3 Å². The van der Waals surface area contributed by atoms with E-state index >= 15 is 0 Å². The molecule has 1 aromatic carbocycles. The molecule has 2 amide bonds. The van der Waals surface area contributed by atoms with Crippen LogP contribution in [-0.2, 0) is 16.0 Å². The van der Waals surface area contributed by atoms with E-state index in [1.807, 2.05) is 6.07 Å². The third kappa shape index (κ3) is 3.59. The van der Waals surface area contributed by atoms with Gasteiger partial charge in [0.15, 0.2) is 10.8 Å². The van der Waals surface area contributed by atoms with E-state index in [-0.39, 0.29) is 23.8 Å². The lowest BCUT2D eigenvalue weighted by atomic mass is 10.2. The van der Waals surface area contributed by atoms with Crippen molar-refractivity contribution >= 4 is 45.0 Å². The first-order valence-corrected chi connectivity index (χ1v) is 10.5. The lowest BCUT2D eigenvalue weighted by molar-refractivity contribution is -0.117. The van der Waals surface area contributed by atoms with Crippen LogP contribution in [0.5, 0.6) is 0 Å². The zero-order valence-corrected chi connectivity index (χ0v) is 17.1. The number of hydrogen-bond donors (Lipinski definition) is 2. The minimum absolute atomic E-state index is 0.0678. The molecule has 2 N–H and O–H groups in total. The van der Waals surface area contributed by atoms with Gasteiger partial charge in [0, 0.05) is 18.3 Å². The molecule has 0 bridgehead atoms. The first-order valence-electron chi connectivity index (χ1n) is 9.65. The molecule has 1 saturated heterocycles. The molecule has 1 aliphatic heterocycles. The quantitative estimate of drug-likeness (QED) is 0.493. The molecule has 156 valence electrons. The Hall–Kier alpha value is -3.86. The van der Waals surface area contributed by atoms with Crippen molar-refractivity contribution in [3.63, 3.8) is 0 Å². The number of nitrogens with one attached hydrogen (secondary N) is 2. The fraction of sp³-hybridized carbons (Fsp3) is 0.200. The zero-order chi connectivity index (χ0) is 21.4. The summed E-state index contributed by atoms with van der Waals surface area (Å²) in [6.07, 6.45) is 4.19. The highest BCUT2D eigenvalue weighted by atomic mass is 32.1. The van der Waals surface area contributed by atoms with Crippen molar-refractivity contribution in [3.05, 3.63) is 58.2 Å². The number of anilines is 2. The Balaban J connectivity index is 1.37. The molecule has 5 rings (SSSR count). The molecule has 4 aromatic rings. The summed E-state index contributed by atoms with van der Waals surface area (Å²) in [4.78, 5) is 49.4. The molecule has 11 heteroatoms.